The molecule has 0 aromatic heterocycles. The average Bonchev–Trinajstić information content (AvgIpc) is 2.66. The van der Waals surface area contributed by atoms with E-state index in [1.165, 1.54) is 0 Å². The summed E-state index contributed by atoms with van der Waals surface area (Å²) in [6.45, 7) is 2.43. The van der Waals surface area contributed by atoms with Crippen molar-refractivity contribution < 1.29 is 19.1 Å². The molecule has 0 aliphatic carbocycles. The lowest BCUT2D eigenvalue weighted by Gasteiger charge is -2.10. The number of halogens is 2. The van der Waals surface area contributed by atoms with Gasteiger partial charge < -0.3 is 9.47 Å². The maximum atomic E-state index is 12.4. The van der Waals surface area contributed by atoms with E-state index in [1.807, 2.05) is 0 Å². The van der Waals surface area contributed by atoms with Crippen LogP contribution in [0.3, 0.4) is 0 Å². The Bertz CT molecular complexity index is 790. The van der Waals surface area contributed by atoms with E-state index in [4.69, 9.17) is 32.7 Å². The molecule has 144 valence electrons. The summed E-state index contributed by atoms with van der Waals surface area (Å²) in [5.74, 6) is -1.14. The summed E-state index contributed by atoms with van der Waals surface area (Å²) in [5.41, 5.74) is 0.992. The van der Waals surface area contributed by atoms with Gasteiger partial charge in [0.25, 0.3) is 0 Å². The number of rotatable bonds is 9. The number of esters is 2. The highest BCUT2D eigenvalue weighted by molar-refractivity contribution is 6.35. The van der Waals surface area contributed by atoms with E-state index in [2.05, 4.69) is 6.92 Å². The molecule has 0 unspecified atom stereocenters. The van der Waals surface area contributed by atoms with Crippen LogP contribution in [0.4, 0.5) is 0 Å². The molecular weight excluding hydrogens is 387 g/mol. The van der Waals surface area contributed by atoms with Crippen molar-refractivity contribution in [1.82, 2.24) is 0 Å². The molecule has 0 bridgehead atoms. The molecule has 0 radical (unpaired) electrons. The van der Waals surface area contributed by atoms with Crippen molar-refractivity contribution in [2.45, 2.75) is 39.2 Å². The van der Waals surface area contributed by atoms with Crippen LogP contribution < -0.4 is 0 Å². The van der Waals surface area contributed by atoms with Crippen LogP contribution in [-0.2, 0) is 16.1 Å². The summed E-state index contributed by atoms with van der Waals surface area (Å²) in [4.78, 5) is 24.7. The average molecular weight is 409 g/mol. The standard InChI is InChI=1S/C21H22Cl2O4/c1-2-3-4-7-12-26-20(24)17-8-5-6-9-18(17)21(25)27-14-15-10-11-16(22)13-19(15)23/h5-6,8-11,13H,2-4,7,12,14H2,1H3. The third kappa shape index (κ3) is 6.56. The van der Waals surface area contributed by atoms with E-state index in [9.17, 15) is 9.59 Å². The maximum absolute atomic E-state index is 12.4. The fraction of sp³-hybridized carbons (Fsp3) is 0.333. The molecule has 0 fully saturated rings. The number of carbonyl (C=O) groups is 2. The van der Waals surface area contributed by atoms with Crippen LogP contribution >= 0.6 is 23.2 Å². The minimum absolute atomic E-state index is 0.0186. The Morgan fingerprint density at radius 2 is 1.56 bits per heavy atom. The van der Waals surface area contributed by atoms with E-state index < -0.39 is 11.9 Å². The third-order valence-electron chi connectivity index (χ3n) is 3.97. The highest BCUT2D eigenvalue weighted by atomic mass is 35.5. The zero-order valence-corrected chi connectivity index (χ0v) is 16.7. The van der Waals surface area contributed by atoms with E-state index >= 15 is 0 Å². The smallest absolute Gasteiger partial charge is 0.339 e. The van der Waals surface area contributed by atoms with Crippen molar-refractivity contribution >= 4 is 35.1 Å². The second-order valence-corrected chi connectivity index (χ2v) is 6.90. The molecule has 0 amide bonds. The summed E-state index contributed by atoms with van der Waals surface area (Å²) in [6, 6.07) is 11.4. The number of unbranched alkanes of at least 4 members (excludes halogenated alkanes) is 3. The molecule has 0 N–H and O–H groups in total. The Hall–Kier alpha value is -2.04. The van der Waals surface area contributed by atoms with Crippen LogP contribution in [0, 0.1) is 0 Å². The summed E-state index contributed by atoms with van der Waals surface area (Å²) in [5, 5.41) is 0.914. The zero-order valence-electron chi connectivity index (χ0n) is 15.2. The first-order valence-corrected chi connectivity index (χ1v) is 9.65. The van der Waals surface area contributed by atoms with Crippen molar-refractivity contribution in [2.75, 3.05) is 6.61 Å². The van der Waals surface area contributed by atoms with Gasteiger partial charge in [-0.1, -0.05) is 67.6 Å². The second kappa shape index (κ2) is 11.0. The predicted molar refractivity (Wildman–Crippen MR) is 106 cm³/mol. The first-order chi connectivity index (χ1) is 13.0. The molecule has 0 heterocycles. The van der Waals surface area contributed by atoms with Gasteiger partial charge in [-0.3, -0.25) is 0 Å². The van der Waals surface area contributed by atoms with Gasteiger partial charge in [-0.25, -0.2) is 9.59 Å². The van der Waals surface area contributed by atoms with Crippen LogP contribution in [0.15, 0.2) is 42.5 Å². The molecule has 27 heavy (non-hydrogen) atoms. The predicted octanol–water partition coefficient (Wildman–Crippen LogP) is 6.09. The third-order valence-corrected chi connectivity index (χ3v) is 4.56. The van der Waals surface area contributed by atoms with E-state index in [1.54, 1.807) is 42.5 Å². The highest BCUT2D eigenvalue weighted by Crippen LogP contribution is 2.22. The van der Waals surface area contributed by atoms with Gasteiger partial charge in [-0.15, -0.1) is 0 Å². The normalized spacial score (nSPS) is 10.5. The van der Waals surface area contributed by atoms with E-state index in [-0.39, 0.29) is 17.7 Å². The maximum Gasteiger partial charge on any atom is 0.339 e. The summed E-state index contributed by atoms with van der Waals surface area (Å²) in [6.07, 6.45) is 4.03. The molecule has 2 aromatic rings. The second-order valence-electron chi connectivity index (χ2n) is 6.05. The van der Waals surface area contributed by atoms with Crippen LogP contribution in [-0.4, -0.2) is 18.5 Å². The van der Waals surface area contributed by atoms with Crippen LogP contribution in [0.1, 0.15) is 58.9 Å². The van der Waals surface area contributed by atoms with Gasteiger partial charge in [-0.05, 0) is 30.7 Å². The first kappa shape index (κ1) is 21.3. The Kier molecular flexibility index (Phi) is 8.62. The number of benzene rings is 2. The minimum atomic E-state index is -0.612. The largest absolute Gasteiger partial charge is 0.462 e. The lowest BCUT2D eigenvalue weighted by molar-refractivity contribution is 0.0436. The lowest BCUT2D eigenvalue weighted by atomic mass is 10.1. The molecule has 2 rings (SSSR count). The Morgan fingerprint density at radius 3 is 2.19 bits per heavy atom. The van der Waals surface area contributed by atoms with Gasteiger partial charge in [0, 0.05) is 15.6 Å². The molecule has 0 aliphatic rings. The summed E-state index contributed by atoms with van der Waals surface area (Å²) < 4.78 is 10.6. The zero-order chi connectivity index (χ0) is 19.6. The molecular formula is C21H22Cl2O4. The molecule has 0 spiro atoms. The molecule has 2 aromatic carbocycles. The van der Waals surface area contributed by atoms with Crippen molar-refractivity contribution in [1.29, 1.82) is 0 Å². The Labute approximate surface area is 169 Å². The van der Waals surface area contributed by atoms with Crippen LogP contribution in [0.2, 0.25) is 10.0 Å². The van der Waals surface area contributed by atoms with Crippen LogP contribution in [0.5, 0.6) is 0 Å². The first-order valence-electron chi connectivity index (χ1n) is 8.90. The van der Waals surface area contributed by atoms with E-state index in [0.29, 0.717) is 22.2 Å². The highest BCUT2D eigenvalue weighted by Gasteiger charge is 2.19. The fourth-order valence-corrected chi connectivity index (χ4v) is 2.93. The SMILES string of the molecule is CCCCCCOC(=O)c1ccccc1C(=O)OCc1ccc(Cl)cc1Cl. The van der Waals surface area contributed by atoms with Gasteiger partial charge in [0.15, 0.2) is 0 Å². The van der Waals surface area contributed by atoms with Gasteiger partial charge in [0.1, 0.15) is 6.61 Å². The van der Waals surface area contributed by atoms with Gasteiger partial charge in [-0.2, -0.15) is 0 Å². The van der Waals surface area contributed by atoms with E-state index in [0.717, 1.165) is 25.7 Å². The number of ether oxygens (including phenoxy) is 2. The lowest BCUT2D eigenvalue weighted by Crippen LogP contribution is -2.14. The minimum Gasteiger partial charge on any atom is -0.462 e. The fourth-order valence-electron chi connectivity index (χ4n) is 2.47. The molecule has 0 saturated heterocycles. The molecule has 0 atom stereocenters. The van der Waals surface area contributed by atoms with Crippen molar-refractivity contribution in [3.63, 3.8) is 0 Å². The van der Waals surface area contributed by atoms with Crippen molar-refractivity contribution in [2.24, 2.45) is 0 Å². The number of hydrogen-bond donors (Lipinski definition) is 0. The van der Waals surface area contributed by atoms with Crippen molar-refractivity contribution in [3.8, 4) is 0 Å². The molecule has 0 saturated carbocycles. The summed E-state index contributed by atoms with van der Waals surface area (Å²) in [7, 11) is 0. The van der Waals surface area contributed by atoms with Gasteiger partial charge in [0.05, 0.1) is 17.7 Å². The topological polar surface area (TPSA) is 52.6 Å². The Balaban J connectivity index is 1.98. The molecule has 0 aliphatic heterocycles. The van der Waals surface area contributed by atoms with Gasteiger partial charge in [0.2, 0.25) is 0 Å². The number of hydrogen-bond acceptors (Lipinski definition) is 4. The Morgan fingerprint density at radius 1 is 0.889 bits per heavy atom. The van der Waals surface area contributed by atoms with Gasteiger partial charge >= 0.3 is 11.9 Å². The number of carbonyl (C=O) groups excluding carboxylic acids is 2. The quantitative estimate of drug-likeness (QED) is 0.372. The molecule has 6 heteroatoms. The monoisotopic (exact) mass is 408 g/mol. The molecule has 4 nitrogen and oxygen atoms in total. The van der Waals surface area contributed by atoms with Crippen molar-refractivity contribution in [3.05, 3.63) is 69.2 Å². The van der Waals surface area contributed by atoms with Crippen LogP contribution in [0.25, 0.3) is 0 Å². The summed E-state index contributed by atoms with van der Waals surface area (Å²) >= 11 is 11.9.